The number of carbonyl (C=O) groups is 1. The van der Waals surface area contributed by atoms with E-state index in [1.807, 2.05) is 31.2 Å². The van der Waals surface area contributed by atoms with Crippen LogP contribution in [0.1, 0.15) is 5.69 Å². The van der Waals surface area contributed by atoms with Crippen LogP contribution in [0.5, 0.6) is 0 Å². The number of benzene rings is 3. The first-order chi connectivity index (χ1) is 13.5. The normalized spacial score (nSPS) is 10.3. The van der Waals surface area contributed by atoms with Gasteiger partial charge in [0.15, 0.2) is 0 Å². The Morgan fingerprint density at radius 1 is 0.964 bits per heavy atom. The number of nitrogens with zero attached hydrogens (tertiary/aromatic N) is 2. The van der Waals surface area contributed by atoms with Crippen LogP contribution >= 0.6 is 11.6 Å². The molecule has 0 atom stereocenters. The molecule has 4 nitrogen and oxygen atoms in total. The second-order valence-electron chi connectivity index (χ2n) is 6.69. The van der Waals surface area contributed by atoms with Crippen LogP contribution in [0, 0.1) is 6.92 Å². The van der Waals surface area contributed by atoms with Crippen molar-refractivity contribution in [1.29, 1.82) is 0 Å². The standard InChI is InChI=1S/C20H15ClN2.C3H7NO/c1-13-12-19(23-16-9-7-15(21)8-10-16)18-11-6-14-4-2-3-5-17(14)20(18)22-13;1-4(2)3-5/h2-12H,1H3,(H,22,23);3H,1-2H3. The quantitative estimate of drug-likeness (QED) is 0.354. The maximum Gasteiger partial charge on any atom is 0.209 e. The Kier molecular flexibility index (Phi) is 6.12. The highest BCUT2D eigenvalue weighted by Gasteiger charge is 2.08. The van der Waals surface area contributed by atoms with Crippen molar-refractivity contribution < 1.29 is 4.79 Å². The van der Waals surface area contributed by atoms with E-state index in [-0.39, 0.29) is 0 Å². The molecule has 0 saturated heterocycles. The Hall–Kier alpha value is -3.11. The van der Waals surface area contributed by atoms with Crippen molar-refractivity contribution in [3.63, 3.8) is 0 Å². The summed E-state index contributed by atoms with van der Waals surface area (Å²) in [6, 6.07) is 22.4. The zero-order valence-electron chi connectivity index (χ0n) is 16.1. The second kappa shape index (κ2) is 8.72. The van der Waals surface area contributed by atoms with E-state index in [1.165, 1.54) is 15.7 Å². The van der Waals surface area contributed by atoms with E-state index in [9.17, 15) is 4.79 Å². The van der Waals surface area contributed by atoms with Gasteiger partial charge in [0, 0.05) is 47.0 Å². The largest absolute Gasteiger partial charge is 0.355 e. The van der Waals surface area contributed by atoms with E-state index in [0.29, 0.717) is 0 Å². The molecule has 1 N–H and O–H groups in total. The van der Waals surface area contributed by atoms with Gasteiger partial charge in [-0.3, -0.25) is 9.78 Å². The lowest BCUT2D eigenvalue weighted by Crippen LogP contribution is -2.06. The summed E-state index contributed by atoms with van der Waals surface area (Å²) in [5, 5.41) is 7.71. The maximum atomic E-state index is 9.43. The third-order valence-corrected chi connectivity index (χ3v) is 4.42. The number of nitrogens with one attached hydrogen (secondary N) is 1. The van der Waals surface area contributed by atoms with Crippen LogP contribution in [0.25, 0.3) is 21.7 Å². The highest BCUT2D eigenvalue weighted by Crippen LogP contribution is 2.31. The summed E-state index contributed by atoms with van der Waals surface area (Å²) in [5.74, 6) is 0. The van der Waals surface area contributed by atoms with Crippen LogP contribution in [0.15, 0.2) is 66.7 Å². The summed E-state index contributed by atoms with van der Waals surface area (Å²) < 4.78 is 0. The van der Waals surface area contributed by atoms with Gasteiger partial charge in [-0.15, -0.1) is 0 Å². The Balaban J connectivity index is 0.000000403. The van der Waals surface area contributed by atoms with Crippen LogP contribution in [-0.2, 0) is 4.79 Å². The van der Waals surface area contributed by atoms with Gasteiger partial charge < -0.3 is 10.2 Å². The molecule has 0 fully saturated rings. The Morgan fingerprint density at radius 2 is 1.64 bits per heavy atom. The molecule has 4 rings (SSSR count). The molecule has 1 heterocycles. The summed E-state index contributed by atoms with van der Waals surface area (Å²) in [6.45, 7) is 2.02. The number of aromatic nitrogens is 1. The number of carbonyl (C=O) groups excluding carboxylic acids is 1. The van der Waals surface area contributed by atoms with Gasteiger partial charge in [0.2, 0.25) is 6.41 Å². The molecular formula is C23H22ClN3O. The molecule has 0 bridgehead atoms. The summed E-state index contributed by atoms with van der Waals surface area (Å²) in [7, 11) is 3.38. The predicted octanol–water partition coefficient (Wildman–Crippen LogP) is 5.80. The van der Waals surface area contributed by atoms with Crippen LogP contribution in [0.4, 0.5) is 11.4 Å². The highest BCUT2D eigenvalue weighted by molar-refractivity contribution is 6.30. The molecule has 28 heavy (non-hydrogen) atoms. The monoisotopic (exact) mass is 391 g/mol. The second-order valence-corrected chi connectivity index (χ2v) is 7.13. The van der Waals surface area contributed by atoms with E-state index in [1.54, 1.807) is 14.1 Å². The van der Waals surface area contributed by atoms with E-state index in [2.05, 4.69) is 47.8 Å². The van der Waals surface area contributed by atoms with E-state index in [4.69, 9.17) is 16.6 Å². The number of anilines is 2. The average molecular weight is 392 g/mol. The fourth-order valence-electron chi connectivity index (χ4n) is 2.88. The van der Waals surface area contributed by atoms with Gasteiger partial charge >= 0.3 is 0 Å². The molecule has 0 saturated carbocycles. The minimum Gasteiger partial charge on any atom is -0.355 e. The van der Waals surface area contributed by atoms with Crippen LogP contribution in [-0.4, -0.2) is 30.4 Å². The third kappa shape index (κ3) is 4.59. The molecule has 0 spiro atoms. The zero-order chi connectivity index (χ0) is 20.1. The number of hydrogen-bond donors (Lipinski definition) is 1. The summed E-state index contributed by atoms with van der Waals surface area (Å²) in [5.41, 5.74) is 4.08. The summed E-state index contributed by atoms with van der Waals surface area (Å²) in [4.78, 5) is 15.6. The van der Waals surface area contributed by atoms with Crippen molar-refractivity contribution in [3.8, 4) is 0 Å². The number of rotatable bonds is 3. The molecule has 3 aromatic carbocycles. The SMILES string of the molecule is CN(C)C=O.Cc1cc(Nc2ccc(Cl)cc2)c2ccc3ccccc3c2n1. The predicted molar refractivity (Wildman–Crippen MR) is 118 cm³/mol. The molecule has 4 aromatic rings. The van der Waals surface area contributed by atoms with Crippen molar-refractivity contribution in [1.82, 2.24) is 9.88 Å². The molecule has 0 aliphatic heterocycles. The van der Waals surface area contributed by atoms with Gasteiger partial charge in [-0.25, -0.2) is 0 Å². The lowest BCUT2D eigenvalue weighted by molar-refractivity contribution is -0.115. The Morgan fingerprint density at radius 3 is 2.32 bits per heavy atom. The number of pyridine rings is 1. The third-order valence-electron chi connectivity index (χ3n) is 4.17. The number of aryl methyl sites for hydroxylation is 1. The van der Waals surface area contributed by atoms with E-state index in [0.717, 1.165) is 39.4 Å². The number of fused-ring (bicyclic) bond motifs is 3. The molecule has 142 valence electrons. The molecule has 0 aliphatic carbocycles. The molecule has 0 aliphatic rings. The average Bonchev–Trinajstić information content (AvgIpc) is 2.70. The van der Waals surface area contributed by atoms with Crippen molar-refractivity contribution in [3.05, 3.63) is 77.4 Å². The first-order valence-electron chi connectivity index (χ1n) is 8.91. The minimum atomic E-state index is 0.734. The lowest BCUT2D eigenvalue weighted by atomic mass is 10.0. The summed E-state index contributed by atoms with van der Waals surface area (Å²) in [6.07, 6.45) is 0.750. The first kappa shape index (κ1) is 19.6. The lowest BCUT2D eigenvalue weighted by Gasteiger charge is -2.12. The molecule has 5 heteroatoms. The first-order valence-corrected chi connectivity index (χ1v) is 9.29. The number of amides is 1. The number of halogens is 1. The fraction of sp³-hybridized carbons (Fsp3) is 0.130. The minimum absolute atomic E-state index is 0.734. The molecule has 0 unspecified atom stereocenters. The van der Waals surface area contributed by atoms with Crippen LogP contribution in [0.3, 0.4) is 0 Å². The maximum absolute atomic E-state index is 9.43. The highest BCUT2D eigenvalue weighted by atomic mass is 35.5. The Bertz CT molecular complexity index is 1110. The topological polar surface area (TPSA) is 45.2 Å². The van der Waals surface area contributed by atoms with E-state index >= 15 is 0 Å². The van der Waals surface area contributed by atoms with Crippen molar-refractivity contribution in [2.24, 2.45) is 0 Å². The van der Waals surface area contributed by atoms with Gasteiger partial charge in [-0.05, 0) is 42.6 Å². The van der Waals surface area contributed by atoms with Gasteiger partial charge in [0.1, 0.15) is 0 Å². The van der Waals surface area contributed by atoms with Gasteiger partial charge in [-0.2, -0.15) is 0 Å². The smallest absolute Gasteiger partial charge is 0.209 e. The number of hydrogen-bond acceptors (Lipinski definition) is 3. The van der Waals surface area contributed by atoms with Crippen molar-refractivity contribution in [2.45, 2.75) is 6.92 Å². The summed E-state index contributed by atoms with van der Waals surface area (Å²) >= 11 is 5.96. The molecular weight excluding hydrogens is 370 g/mol. The van der Waals surface area contributed by atoms with Crippen molar-refractivity contribution >= 4 is 51.1 Å². The van der Waals surface area contributed by atoms with Gasteiger partial charge in [-0.1, -0.05) is 48.0 Å². The Labute approximate surface area is 169 Å². The zero-order valence-corrected chi connectivity index (χ0v) is 16.9. The fourth-order valence-corrected chi connectivity index (χ4v) is 3.01. The van der Waals surface area contributed by atoms with Gasteiger partial charge in [0.25, 0.3) is 0 Å². The molecule has 1 aromatic heterocycles. The van der Waals surface area contributed by atoms with Gasteiger partial charge in [0.05, 0.1) is 5.52 Å². The molecule has 1 amide bonds. The van der Waals surface area contributed by atoms with E-state index < -0.39 is 0 Å². The molecule has 0 radical (unpaired) electrons. The van der Waals surface area contributed by atoms with Crippen molar-refractivity contribution in [2.75, 3.05) is 19.4 Å². The van der Waals surface area contributed by atoms with Crippen LogP contribution < -0.4 is 5.32 Å². The van der Waals surface area contributed by atoms with Crippen LogP contribution in [0.2, 0.25) is 5.02 Å².